The zero-order chi connectivity index (χ0) is 23.0. The standard InChI is InChI=1S/C25H20F3N3O2/c26-25(27,28)19-5-3-16(4-6-19)23-13-18-12-20(30-24(32)17-2-1-10-29-14-17)7-8-22(18)31(23)21-9-11-33-15-21/h1-8,10,12-14,21H,9,11,15H2,(H,30,32). The van der Waals surface area contributed by atoms with Gasteiger partial charge in [0.25, 0.3) is 5.91 Å². The molecule has 5 rings (SSSR count). The Hall–Kier alpha value is -3.65. The lowest BCUT2D eigenvalue weighted by Gasteiger charge is -2.17. The number of alkyl halides is 3. The van der Waals surface area contributed by atoms with E-state index in [1.54, 1.807) is 18.3 Å². The maximum Gasteiger partial charge on any atom is 0.416 e. The number of amides is 1. The molecule has 1 fully saturated rings. The summed E-state index contributed by atoms with van der Waals surface area (Å²) in [5.74, 6) is -0.269. The van der Waals surface area contributed by atoms with E-state index in [4.69, 9.17) is 4.74 Å². The van der Waals surface area contributed by atoms with Gasteiger partial charge in [-0.1, -0.05) is 12.1 Å². The molecule has 1 aliphatic rings. The molecule has 0 bridgehead atoms. The Morgan fingerprint density at radius 2 is 1.91 bits per heavy atom. The molecule has 3 heterocycles. The van der Waals surface area contributed by atoms with Crippen molar-refractivity contribution in [2.24, 2.45) is 0 Å². The zero-order valence-electron chi connectivity index (χ0n) is 17.5. The highest BCUT2D eigenvalue weighted by atomic mass is 19.4. The first-order chi connectivity index (χ1) is 15.9. The Labute approximate surface area is 187 Å². The molecule has 168 valence electrons. The average molecular weight is 451 g/mol. The normalized spacial score (nSPS) is 16.3. The summed E-state index contributed by atoms with van der Waals surface area (Å²) in [6.07, 6.45) is -0.475. The molecule has 0 saturated carbocycles. The molecule has 5 nitrogen and oxygen atoms in total. The van der Waals surface area contributed by atoms with Crippen molar-refractivity contribution in [3.05, 3.63) is 84.2 Å². The number of pyridine rings is 1. The van der Waals surface area contributed by atoms with Crippen LogP contribution in [0.25, 0.3) is 22.2 Å². The number of halogens is 3. The van der Waals surface area contributed by atoms with E-state index in [2.05, 4.69) is 14.9 Å². The molecular weight excluding hydrogens is 431 g/mol. The highest BCUT2D eigenvalue weighted by molar-refractivity contribution is 6.05. The van der Waals surface area contributed by atoms with Crippen LogP contribution in [-0.4, -0.2) is 28.7 Å². The first kappa shape index (κ1) is 21.2. The van der Waals surface area contributed by atoms with E-state index in [9.17, 15) is 18.0 Å². The van der Waals surface area contributed by atoms with Crippen LogP contribution in [0.1, 0.15) is 28.4 Å². The Morgan fingerprint density at radius 3 is 2.58 bits per heavy atom. The first-order valence-electron chi connectivity index (χ1n) is 10.5. The smallest absolute Gasteiger partial charge is 0.379 e. The van der Waals surface area contributed by atoms with Gasteiger partial charge in [-0.3, -0.25) is 9.78 Å². The number of carbonyl (C=O) groups is 1. The molecular formula is C25H20F3N3O2. The minimum absolute atomic E-state index is 0.0793. The number of ether oxygens (including phenoxy) is 1. The largest absolute Gasteiger partial charge is 0.416 e. The van der Waals surface area contributed by atoms with Crippen LogP contribution in [0.4, 0.5) is 18.9 Å². The Balaban J connectivity index is 1.54. The first-order valence-corrected chi connectivity index (χ1v) is 10.5. The van der Waals surface area contributed by atoms with Gasteiger partial charge in [0.2, 0.25) is 0 Å². The van der Waals surface area contributed by atoms with E-state index < -0.39 is 11.7 Å². The predicted octanol–water partition coefficient (Wildman–Crippen LogP) is 5.94. The molecule has 1 atom stereocenters. The van der Waals surface area contributed by atoms with Crippen LogP contribution in [0.2, 0.25) is 0 Å². The van der Waals surface area contributed by atoms with Crippen LogP contribution in [0.15, 0.2) is 73.1 Å². The summed E-state index contributed by atoms with van der Waals surface area (Å²) in [4.78, 5) is 16.5. The second-order valence-electron chi connectivity index (χ2n) is 7.96. The lowest BCUT2D eigenvalue weighted by molar-refractivity contribution is -0.137. The highest BCUT2D eigenvalue weighted by Crippen LogP contribution is 2.37. The molecule has 0 spiro atoms. The van der Waals surface area contributed by atoms with Gasteiger partial charge in [-0.25, -0.2) is 0 Å². The summed E-state index contributed by atoms with van der Waals surface area (Å²) in [6.45, 7) is 1.17. The predicted molar refractivity (Wildman–Crippen MR) is 119 cm³/mol. The van der Waals surface area contributed by atoms with Crippen molar-refractivity contribution in [1.29, 1.82) is 0 Å². The molecule has 1 N–H and O–H groups in total. The second kappa shape index (κ2) is 8.37. The number of fused-ring (bicyclic) bond motifs is 1. The van der Waals surface area contributed by atoms with Crippen LogP contribution in [0.3, 0.4) is 0 Å². The molecule has 33 heavy (non-hydrogen) atoms. The van der Waals surface area contributed by atoms with Crippen molar-refractivity contribution in [2.45, 2.75) is 18.6 Å². The van der Waals surface area contributed by atoms with Crippen molar-refractivity contribution in [1.82, 2.24) is 9.55 Å². The third-order valence-corrected chi connectivity index (χ3v) is 5.80. The number of hydrogen-bond acceptors (Lipinski definition) is 3. The number of nitrogens with one attached hydrogen (secondary N) is 1. The van der Waals surface area contributed by atoms with Crippen molar-refractivity contribution in [3.8, 4) is 11.3 Å². The van der Waals surface area contributed by atoms with Crippen molar-refractivity contribution in [2.75, 3.05) is 18.5 Å². The van der Waals surface area contributed by atoms with Gasteiger partial charge in [0, 0.05) is 41.3 Å². The van der Waals surface area contributed by atoms with Crippen molar-refractivity contribution in [3.63, 3.8) is 0 Å². The quantitative estimate of drug-likeness (QED) is 0.418. The van der Waals surface area contributed by atoms with E-state index in [-0.39, 0.29) is 11.9 Å². The molecule has 4 aromatic rings. The van der Waals surface area contributed by atoms with Gasteiger partial charge in [-0.05, 0) is 60.5 Å². The number of nitrogens with zero attached hydrogens (tertiary/aromatic N) is 2. The van der Waals surface area contributed by atoms with Crippen molar-refractivity contribution < 1.29 is 22.7 Å². The fraction of sp³-hybridized carbons (Fsp3) is 0.200. The van der Waals surface area contributed by atoms with E-state index in [0.717, 1.165) is 35.2 Å². The molecule has 1 amide bonds. The Bertz CT molecular complexity index is 1290. The van der Waals surface area contributed by atoms with E-state index in [1.165, 1.54) is 18.3 Å². The summed E-state index contributed by atoms with van der Waals surface area (Å²) in [5, 5.41) is 3.75. The molecule has 8 heteroatoms. The topological polar surface area (TPSA) is 56.2 Å². The summed E-state index contributed by atoms with van der Waals surface area (Å²) < 4.78 is 46.8. The summed E-state index contributed by atoms with van der Waals surface area (Å²) in [7, 11) is 0. The van der Waals surface area contributed by atoms with E-state index >= 15 is 0 Å². The lowest BCUT2D eigenvalue weighted by Crippen LogP contribution is -2.12. The minimum Gasteiger partial charge on any atom is -0.379 e. The minimum atomic E-state index is -4.38. The molecule has 1 aliphatic heterocycles. The van der Waals surface area contributed by atoms with E-state index in [0.29, 0.717) is 30.0 Å². The molecule has 2 aromatic heterocycles. The number of anilines is 1. The molecule has 1 saturated heterocycles. The molecule has 0 radical (unpaired) electrons. The summed E-state index contributed by atoms with van der Waals surface area (Å²) >= 11 is 0. The van der Waals surface area contributed by atoms with Crippen LogP contribution in [0.5, 0.6) is 0 Å². The van der Waals surface area contributed by atoms with E-state index in [1.807, 2.05) is 24.3 Å². The van der Waals surface area contributed by atoms with Gasteiger partial charge in [0.1, 0.15) is 0 Å². The maximum atomic E-state index is 13.0. The Kier molecular flexibility index (Phi) is 5.38. The van der Waals surface area contributed by atoms with Gasteiger partial charge in [0.05, 0.1) is 23.8 Å². The lowest BCUT2D eigenvalue weighted by atomic mass is 10.1. The fourth-order valence-corrected chi connectivity index (χ4v) is 4.19. The number of aromatic nitrogens is 2. The third kappa shape index (κ3) is 4.21. The molecule has 1 unspecified atom stereocenters. The second-order valence-corrected chi connectivity index (χ2v) is 7.96. The summed E-state index contributed by atoms with van der Waals surface area (Å²) in [5.41, 5.74) is 2.81. The van der Waals surface area contributed by atoms with Crippen LogP contribution in [-0.2, 0) is 10.9 Å². The number of carbonyl (C=O) groups excluding carboxylic acids is 1. The zero-order valence-corrected chi connectivity index (χ0v) is 17.5. The molecule has 0 aliphatic carbocycles. The fourth-order valence-electron chi connectivity index (χ4n) is 4.19. The van der Waals surface area contributed by atoms with Gasteiger partial charge >= 0.3 is 6.18 Å². The number of hydrogen-bond donors (Lipinski definition) is 1. The van der Waals surface area contributed by atoms with Gasteiger partial charge in [-0.15, -0.1) is 0 Å². The maximum absolute atomic E-state index is 13.0. The van der Waals surface area contributed by atoms with Crippen LogP contribution >= 0.6 is 0 Å². The van der Waals surface area contributed by atoms with Gasteiger partial charge < -0.3 is 14.6 Å². The SMILES string of the molecule is O=C(Nc1ccc2c(c1)cc(-c1ccc(C(F)(F)F)cc1)n2C1CCOC1)c1cccnc1. The number of rotatable bonds is 4. The average Bonchev–Trinajstić information content (AvgIpc) is 3.46. The monoisotopic (exact) mass is 451 g/mol. The summed E-state index contributed by atoms with van der Waals surface area (Å²) in [6, 6.07) is 16.2. The van der Waals surface area contributed by atoms with Gasteiger partial charge in [-0.2, -0.15) is 13.2 Å². The van der Waals surface area contributed by atoms with Gasteiger partial charge in [0.15, 0.2) is 0 Å². The van der Waals surface area contributed by atoms with Crippen LogP contribution < -0.4 is 5.32 Å². The Morgan fingerprint density at radius 1 is 1.09 bits per heavy atom. The molecule has 2 aromatic carbocycles. The van der Waals surface area contributed by atoms with Crippen LogP contribution in [0, 0.1) is 0 Å². The highest BCUT2D eigenvalue weighted by Gasteiger charge is 2.30. The number of benzene rings is 2. The third-order valence-electron chi connectivity index (χ3n) is 5.80. The van der Waals surface area contributed by atoms with Crippen molar-refractivity contribution >= 4 is 22.5 Å².